The van der Waals surface area contributed by atoms with Crippen LogP contribution in [0.1, 0.15) is 58.5 Å². The number of hydrogen-bond donors (Lipinski definition) is 1. The Hall–Kier alpha value is -1.92. The van der Waals surface area contributed by atoms with Gasteiger partial charge in [-0.3, -0.25) is 4.79 Å². The summed E-state index contributed by atoms with van der Waals surface area (Å²) in [6, 6.07) is 7.48. The number of aromatic nitrogens is 1. The highest BCUT2D eigenvalue weighted by Gasteiger charge is 2.27. The molecule has 5 rings (SSSR count). The number of carbonyl (C=O) groups excluding carboxylic acids is 1. The first-order chi connectivity index (χ1) is 14.1. The molecule has 0 amide bonds. The van der Waals surface area contributed by atoms with Crippen LogP contribution in [0.3, 0.4) is 0 Å². The first kappa shape index (κ1) is 19.1. The molecule has 150 valence electrons. The third kappa shape index (κ3) is 3.36. The number of aryl methyl sites for hydroxylation is 1. The second kappa shape index (κ2) is 7.73. The van der Waals surface area contributed by atoms with Gasteiger partial charge < -0.3 is 10.6 Å². The molecule has 0 unspecified atom stereocenters. The van der Waals surface area contributed by atoms with Gasteiger partial charge in [0.1, 0.15) is 15.5 Å². The Bertz CT molecular complexity index is 1080. The number of halogens is 1. The number of fused-ring (bicyclic) bond motifs is 3. The minimum absolute atomic E-state index is 0.0120. The van der Waals surface area contributed by atoms with Gasteiger partial charge in [-0.2, -0.15) is 0 Å². The number of nitrogen functional groups attached to an aromatic ring is 1. The van der Waals surface area contributed by atoms with Gasteiger partial charge in [-0.1, -0.05) is 15.9 Å². The third-order valence-corrected chi connectivity index (χ3v) is 7.77. The number of anilines is 2. The maximum absolute atomic E-state index is 13.2. The van der Waals surface area contributed by atoms with Crippen LogP contribution in [0.5, 0.6) is 0 Å². The number of benzene rings is 1. The molecule has 1 aliphatic heterocycles. The lowest BCUT2D eigenvalue weighted by atomic mass is 9.89. The van der Waals surface area contributed by atoms with Crippen molar-refractivity contribution in [2.75, 3.05) is 23.7 Å². The predicted molar refractivity (Wildman–Crippen MR) is 124 cm³/mol. The third-order valence-electron chi connectivity index (χ3n) is 6.14. The molecule has 0 bridgehead atoms. The Kier molecular flexibility index (Phi) is 5.08. The molecular weight excluding hydrogens is 446 g/mol. The van der Waals surface area contributed by atoms with E-state index < -0.39 is 0 Å². The summed E-state index contributed by atoms with van der Waals surface area (Å²) in [5.41, 5.74) is 10.6. The minimum atomic E-state index is -0.0120. The molecule has 0 spiro atoms. The van der Waals surface area contributed by atoms with Crippen molar-refractivity contribution in [2.24, 2.45) is 0 Å². The molecule has 29 heavy (non-hydrogen) atoms. The standard InChI is InChI=1S/C23H24BrN3OS/c24-15-10-8-14(9-11-15)20(28)21-19(25)18-16-6-2-3-7-17(16)22(26-23(18)29-21)27-12-4-1-5-13-27/h8-11H,1-7,12-13,25H2. The van der Waals surface area contributed by atoms with Gasteiger partial charge in [0, 0.05) is 28.5 Å². The number of rotatable bonds is 3. The van der Waals surface area contributed by atoms with Gasteiger partial charge in [0.15, 0.2) is 0 Å². The van der Waals surface area contributed by atoms with Crippen LogP contribution in [0.15, 0.2) is 28.7 Å². The van der Waals surface area contributed by atoms with E-state index in [1.807, 2.05) is 24.3 Å². The number of nitrogens with zero attached hydrogens (tertiary/aromatic N) is 2. The van der Waals surface area contributed by atoms with Crippen molar-refractivity contribution in [1.82, 2.24) is 4.98 Å². The van der Waals surface area contributed by atoms with Gasteiger partial charge in [-0.25, -0.2) is 4.98 Å². The van der Waals surface area contributed by atoms with E-state index in [2.05, 4.69) is 20.8 Å². The zero-order valence-electron chi connectivity index (χ0n) is 16.3. The highest BCUT2D eigenvalue weighted by Crippen LogP contribution is 2.43. The van der Waals surface area contributed by atoms with Crippen molar-refractivity contribution in [3.63, 3.8) is 0 Å². The number of thiophene rings is 1. The van der Waals surface area contributed by atoms with Crippen LogP contribution in [-0.4, -0.2) is 23.9 Å². The van der Waals surface area contributed by atoms with E-state index in [1.54, 1.807) is 0 Å². The fourth-order valence-corrected chi connectivity index (χ4v) is 6.01. The molecule has 0 radical (unpaired) electrons. The normalized spacial score (nSPS) is 16.8. The van der Waals surface area contributed by atoms with Crippen LogP contribution in [0.25, 0.3) is 10.2 Å². The Morgan fingerprint density at radius 3 is 2.41 bits per heavy atom. The largest absolute Gasteiger partial charge is 0.397 e. The van der Waals surface area contributed by atoms with Crippen LogP contribution >= 0.6 is 27.3 Å². The van der Waals surface area contributed by atoms with Crippen molar-refractivity contribution in [2.45, 2.75) is 44.9 Å². The molecule has 6 heteroatoms. The Labute approximate surface area is 183 Å². The van der Waals surface area contributed by atoms with E-state index in [0.717, 1.165) is 46.4 Å². The topological polar surface area (TPSA) is 59.2 Å². The van der Waals surface area contributed by atoms with Gasteiger partial charge in [0.05, 0.1) is 5.69 Å². The average Bonchev–Trinajstić information content (AvgIpc) is 3.10. The summed E-state index contributed by atoms with van der Waals surface area (Å²) in [5.74, 6) is 1.14. The van der Waals surface area contributed by atoms with Crippen molar-refractivity contribution >= 4 is 54.8 Å². The quantitative estimate of drug-likeness (QED) is 0.496. The SMILES string of the molecule is Nc1c(C(=O)c2ccc(Br)cc2)sc2nc(N3CCCCC3)c3c(c12)CCCC3. The van der Waals surface area contributed by atoms with Crippen LogP contribution < -0.4 is 10.6 Å². The van der Waals surface area contributed by atoms with E-state index in [0.29, 0.717) is 16.1 Å². The van der Waals surface area contributed by atoms with Crippen molar-refractivity contribution in [3.8, 4) is 0 Å². The molecule has 1 saturated heterocycles. The summed E-state index contributed by atoms with van der Waals surface area (Å²) in [6.45, 7) is 2.16. The Morgan fingerprint density at radius 2 is 1.69 bits per heavy atom. The summed E-state index contributed by atoms with van der Waals surface area (Å²) in [6.07, 6.45) is 8.24. The second-order valence-corrected chi connectivity index (χ2v) is 9.92. The van der Waals surface area contributed by atoms with E-state index >= 15 is 0 Å². The fourth-order valence-electron chi connectivity index (χ4n) is 4.66. The van der Waals surface area contributed by atoms with E-state index in [-0.39, 0.29) is 5.78 Å². The second-order valence-electron chi connectivity index (χ2n) is 8.01. The molecule has 1 aromatic carbocycles. The van der Waals surface area contributed by atoms with Crippen molar-refractivity contribution in [1.29, 1.82) is 0 Å². The van der Waals surface area contributed by atoms with Crippen LogP contribution in [0.2, 0.25) is 0 Å². The minimum Gasteiger partial charge on any atom is -0.397 e. The lowest BCUT2D eigenvalue weighted by Gasteiger charge is -2.31. The molecule has 2 N–H and O–H groups in total. The predicted octanol–water partition coefficient (Wildman–Crippen LogP) is 5.74. The molecule has 3 aromatic rings. The first-order valence-electron chi connectivity index (χ1n) is 10.4. The summed E-state index contributed by atoms with van der Waals surface area (Å²) in [7, 11) is 0. The zero-order chi connectivity index (χ0) is 20.0. The molecule has 2 aliphatic rings. The van der Waals surface area contributed by atoms with Crippen LogP contribution in [-0.2, 0) is 12.8 Å². The van der Waals surface area contributed by atoms with Crippen molar-refractivity contribution < 1.29 is 4.79 Å². The molecular formula is C23H24BrN3OS. The highest BCUT2D eigenvalue weighted by atomic mass is 79.9. The lowest BCUT2D eigenvalue weighted by molar-refractivity contribution is 0.104. The number of nitrogens with two attached hydrogens (primary N) is 1. The molecule has 0 atom stereocenters. The Balaban J connectivity index is 1.66. The number of hydrogen-bond acceptors (Lipinski definition) is 5. The number of pyridine rings is 1. The zero-order valence-corrected chi connectivity index (χ0v) is 18.7. The summed E-state index contributed by atoms with van der Waals surface area (Å²) in [4.78, 5) is 22.3. The van der Waals surface area contributed by atoms with Crippen molar-refractivity contribution in [3.05, 3.63) is 50.3 Å². The lowest BCUT2D eigenvalue weighted by Crippen LogP contribution is -2.31. The van der Waals surface area contributed by atoms with Crippen LogP contribution in [0, 0.1) is 0 Å². The van der Waals surface area contributed by atoms with Gasteiger partial charge in [0.2, 0.25) is 5.78 Å². The maximum atomic E-state index is 13.2. The molecule has 1 aliphatic carbocycles. The molecule has 2 aromatic heterocycles. The molecule has 1 fully saturated rings. The van der Waals surface area contributed by atoms with Gasteiger partial charge in [0.25, 0.3) is 0 Å². The smallest absolute Gasteiger partial charge is 0.205 e. The maximum Gasteiger partial charge on any atom is 0.205 e. The monoisotopic (exact) mass is 469 g/mol. The summed E-state index contributed by atoms with van der Waals surface area (Å²) in [5, 5.41) is 1.03. The number of ketones is 1. The van der Waals surface area contributed by atoms with E-state index in [4.69, 9.17) is 10.7 Å². The Morgan fingerprint density at radius 1 is 1.00 bits per heavy atom. The number of carbonyl (C=O) groups is 1. The number of piperidine rings is 1. The molecule has 3 heterocycles. The average molecular weight is 470 g/mol. The highest BCUT2D eigenvalue weighted by molar-refractivity contribution is 9.10. The van der Waals surface area contributed by atoms with Gasteiger partial charge >= 0.3 is 0 Å². The molecule has 0 saturated carbocycles. The van der Waals surface area contributed by atoms with E-state index in [1.165, 1.54) is 54.6 Å². The van der Waals surface area contributed by atoms with Crippen LogP contribution in [0.4, 0.5) is 11.5 Å². The first-order valence-corrected chi connectivity index (χ1v) is 12.0. The molecule has 4 nitrogen and oxygen atoms in total. The summed E-state index contributed by atoms with van der Waals surface area (Å²) >= 11 is 4.89. The van der Waals surface area contributed by atoms with Gasteiger partial charge in [-0.15, -0.1) is 11.3 Å². The van der Waals surface area contributed by atoms with E-state index in [9.17, 15) is 4.79 Å². The van der Waals surface area contributed by atoms with Gasteiger partial charge in [-0.05, 0) is 80.3 Å². The fraction of sp³-hybridized carbons (Fsp3) is 0.391. The summed E-state index contributed by atoms with van der Waals surface area (Å²) < 4.78 is 0.959.